The number of amides is 1. The molecule has 0 saturated heterocycles. The van der Waals surface area contributed by atoms with Gasteiger partial charge >= 0.3 is 0 Å². The minimum absolute atomic E-state index is 0.210. The van der Waals surface area contributed by atoms with Gasteiger partial charge in [-0.2, -0.15) is 5.26 Å². The molecule has 0 bridgehead atoms. The molecule has 0 unspecified atom stereocenters. The average Bonchev–Trinajstić information content (AvgIpc) is 2.35. The minimum atomic E-state index is -0.452. The Bertz CT molecular complexity index is 426. The van der Waals surface area contributed by atoms with Gasteiger partial charge in [-0.15, -0.1) is 0 Å². The van der Waals surface area contributed by atoms with E-state index < -0.39 is 5.91 Å². The van der Waals surface area contributed by atoms with Crippen LogP contribution in [0.2, 0.25) is 0 Å². The van der Waals surface area contributed by atoms with Crippen LogP contribution in [0.1, 0.15) is 5.56 Å². The number of nitriles is 1. The van der Waals surface area contributed by atoms with Gasteiger partial charge in [-0.25, -0.2) is 5.84 Å². The van der Waals surface area contributed by atoms with E-state index in [1.54, 1.807) is 12.1 Å². The predicted molar refractivity (Wildman–Crippen MR) is 55.5 cm³/mol. The van der Waals surface area contributed by atoms with Crippen molar-refractivity contribution < 1.29 is 14.3 Å². The fourth-order valence-corrected chi connectivity index (χ4v) is 1.04. The third kappa shape index (κ3) is 2.87. The SMILES string of the molecule is COc1cc(C#N)ccc1OCC(=O)NN. The van der Waals surface area contributed by atoms with E-state index in [1.807, 2.05) is 11.5 Å². The first-order chi connectivity index (χ1) is 7.71. The third-order valence-electron chi connectivity index (χ3n) is 1.81. The van der Waals surface area contributed by atoms with Crippen LogP contribution < -0.4 is 20.7 Å². The summed E-state index contributed by atoms with van der Waals surface area (Å²) in [7, 11) is 1.45. The fraction of sp³-hybridized carbons (Fsp3) is 0.200. The van der Waals surface area contributed by atoms with Crippen LogP contribution in [0.4, 0.5) is 0 Å². The average molecular weight is 221 g/mol. The number of carbonyl (C=O) groups is 1. The van der Waals surface area contributed by atoms with Crippen LogP contribution in [0.5, 0.6) is 11.5 Å². The molecular weight excluding hydrogens is 210 g/mol. The van der Waals surface area contributed by atoms with Gasteiger partial charge < -0.3 is 9.47 Å². The van der Waals surface area contributed by atoms with Crippen molar-refractivity contribution in [1.29, 1.82) is 5.26 Å². The van der Waals surface area contributed by atoms with Crippen molar-refractivity contribution in [2.45, 2.75) is 0 Å². The molecule has 6 heteroatoms. The van der Waals surface area contributed by atoms with Gasteiger partial charge in [0.2, 0.25) is 0 Å². The number of hydrogen-bond donors (Lipinski definition) is 2. The second-order valence-corrected chi connectivity index (χ2v) is 2.83. The number of methoxy groups -OCH3 is 1. The van der Waals surface area contributed by atoms with Crippen LogP contribution in [-0.4, -0.2) is 19.6 Å². The molecule has 1 aromatic rings. The molecule has 84 valence electrons. The van der Waals surface area contributed by atoms with Gasteiger partial charge in [0.25, 0.3) is 5.91 Å². The van der Waals surface area contributed by atoms with Crippen molar-refractivity contribution in [3.63, 3.8) is 0 Å². The molecule has 0 heterocycles. The lowest BCUT2D eigenvalue weighted by Crippen LogP contribution is -2.34. The van der Waals surface area contributed by atoms with Crippen molar-refractivity contribution in [3.8, 4) is 17.6 Å². The Balaban J connectivity index is 2.80. The first-order valence-electron chi connectivity index (χ1n) is 4.41. The number of ether oxygens (including phenoxy) is 2. The summed E-state index contributed by atoms with van der Waals surface area (Å²) in [5.74, 6) is 5.22. The van der Waals surface area contributed by atoms with E-state index in [0.717, 1.165) is 0 Å². The topological polar surface area (TPSA) is 97.4 Å². The van der Waals surface area contributed by atoms with Gasteiger partial charge in [0.05, 0.1) is 18.7 Å². The quantitative estimate of drug-likeness (QED) is 0.421. The first-order valence-corrected chi connectivity index (χ1v) is 4.41. The second kappa shape index (κ2) is 5.58. The lowest BCUT2D eigenvalue weighted by molar-refractivity contribution is -0.123. The highest BCUT2D eigenvalue weighted by molar-refractivity contribution is 5.76. The molecule has 3 N–H and O–H groups in total. The van der Waals surface area contributed by atoms with Gasteiger partial charge in [0.15, 0.2) is 18.1 Å². The number of rotatable bonds is 4. The van der Waals surface area contributed by atoms with Crippen LogP contribution >= 0.6 is 0 Å². The number of nitrogens with zero attached hydrogens (tertiary/aromatic N) is 1. The molecular formula is C10H11N3O3. The Labute approximate surface area is 92.5 Å². The summed E-state index contributed by atoms with van der Waals surface area (Å²) in [4.78, 5) is 10.9. The van der Waals surface area contributed by atoms with E-state index in [4.69, 9.17) is 20.6 Å². The Morgan fingerprint density at radius 1 is 1.56 bits per heavy atom. The highest BCUT2D eigenvalue weighted by Crippen LogP contribution is 2.27. The van der Waals surface area contributed by atoms with E-state index in [1.165, 1.54) is 13.2 Å². The molecule has 0 atom stereocenters. The van der Waals surface area contributed by atoms with Crippen LogP contribution in [0, 0.1) is 11.3 Å². The first kappa shape index (κ1) is 11.8. The Hall–Kier alpha value is -2.26. The summed E-state index contributed by atoms with van der Waals surface area (Å²) in [5.41, 5.74) is 2.39. The van der Waals surface area contributed by atoms with Crippen molar-refractivity contribution in [2.24, 2.45) is 5.84 Å². The van der Waals surface area contributed by atoms with E-state index in [0.29, 0.717) is 17.1 Å². The number of nitrogens with two attached hydrogens (primary N) is 1. The normalized spacial score (nSPS) is 9.06. The summed E-state index contributed by atoms with van der Waals surface area (Å²) in [6, 6.07) is 6.62. The summed E-state index contributed by atoms with van der Waals surface area (Å²) in [6.07, 6.45) is 0. The maximum Gasteiger partial charge on any atom is 0.271 e. The molecule has 0 spiro atoms. The number of carbonyl (C=O) groups excluding carboxylic acids is 1. The molecule has 1 aromatic carbocycles. The van der Waals surface area contributed by atoms with Crippen LogP contribution in [0.25, 0.3) is 0 Å². The monoisotopic (exact) mass is 221 g/mol. The predicted octanol–water partition coefficient (Wildman–Crippen LogP) is -0.0644. The van der Waals surface area contributed by atoms with Gasteiger partial charge in [0, 0.05) is 6.07 Å². The zero-order valence-corrected chi connectivity index (χ0v) is 8.69. The summed E-state index contributed by atoms with van der Waals surface area (Å²) in [6.45, 7) is -0.210. The van der Waals surface area contributed by atoms with E-state index in [9.17, 15) is 4.79 Å². The van der Waals surface area contributed by atoms with E-state index >= 15 is 0 Å². The van der Waals surface area contributed by atoms with E-state index in [-0.39, 0.29) is 6.61 Å². The standard InChI is InChI=1S/C10H11N3O3/c1-15-9-4-7(5-11)2-3-8(9)16-6-10(14)13-12/h2-4H,6,12H2,1H3,(H,13,14). The molecule has 1 rings (SSSR count). The molecule has 0 aromatic heterocycles. The Morgan fingerprint density at radius 3 is 2.88 bits per heavy atom. The van der Waals surface area contributed by atoms with Gasteiger partial charge in [-0.05, 0) is 12.1 Å². The Kier molecular flexibility index (Phi) is 4.12. The summed E-state index contributed by atoms with van der Waals surface area (Å²) in [5, 5.41) is 8.68. The molecule has 0 aliphatic carbocycles. The van der Waals surface area contributed by atoms with Crippen molar-refractivity contribution in [2.75, 3.05) is 13.7 Å². The zero-order chi connectivity index (χ0) is 12.0. The van der Waals surface area contributed by atoms with E-state index in [2.05, 4.69) is 0 Å². The van der Waals surface area contributed by atoms with Crippen molar-refractivity contribution >= 4 is 5.91 Å². The smallest absolute Gasteiger partial charge is 0.271 e. The highest BCUT2D eigenvalue weighted by atomic mass is 16.5. The number of hydrazine groups is 1. The fourth-order valence-electron chi connectivity index (χ4n) is 1.04. The molecule has 1 amide bonds. The van der Waals surface area contributed by atoms with Gasteiger partial charge in [0.1, 0.15) is 0 Å². The van der Waals surface area contributed by atoms with Crippen molar-refractivity contribution in [1.82, 2.24) is 5.43 Å². The molecule has 0 saturated carbocycles. The lowest BCUT2D eigenvalue weighted by Gasteiger charge is -2.09. The zero-order valence-electron chi connectivity index (χ0n) is 8.69. The molecule has 0 aliphatic heterocycles. The summed E-state index contributed by atoms with van der Waals surface area (Å²) < 4.78 is 10.2. The maximum absolute atomic E-state index is 10.9. The van der Waals surface area contributed by atoms with Crippen LogP contribution in [-0.2, 0) is 4.79 Å². The largest absolute Gasteiger partial charge is 0.493 e. The number of nitrogens with one attached hydrogen (secondary N) is 1. The van der Waals surface area contributed by atoms with Crippen LogP contribution in [0.15, 0.2) is 18.2 Å². The third-order valence-corrected chi connectivity index (χ3v) is 1.81. The minimum Gasteiger partial charge on any atom is -0.493 e. The summed E-state index contributed by atoms with van der Waals surface area (Å²) >= 11 is 0. The lowest BCUT2D eigenvalue weighted by atomic mass is 10.2. The maximum atomic E-state index is 10.9. The highest BCUT2D eigenvalue weighted by Gasteiger charge is 2.07. The van der Waals surface area contributed by atoms with Crippen molar-refractivity contribution in [3.05, 3.63) is 23.8 Å². The molecule has 0 aliphatic rings. The molecule has 0 fully saturated rings. The molecule has 0 radical (unpaired) electrons. The Morgan fingerprint density at radius 2 is 2.31 bits per heavy atom. The van der Waals surface area contributed by atoms with Crippen LogP contribution in [0.3, 0.4) is 0 Å². The second-order valence-electron chi connectivity index (χ2n) is 2.83. The number of hydrogen-bond acceptors (Lipinski definition) is 5. The van der Waals surface area contributed by atoms with Gasteiger partial charge in [-0.3, -0.25) is 10.2 Å². The number of benzene rings is 1. The van der Waals surface area contributed by atoms with Gasteiger partial charge in [-0.1, -0.05) is 0 Å². The molecule has 16 heavy (non-hydrogen) atoms. The molecule has 6 nitrogen and oxygen atoms in total.